The highest BCUT2D eigenvalue weighted by atomic mass is 32.2. The topological polar surface area (TPSA) is 49.7 Å². The van der Waals surface area contributed by atoms with E-state index >= 15 is 0 Å². The highest BCUT2D eigenvalue weighted by Gasteiger charge is 2.30. The van der Waals surface area contributed by atoms with E-state index in [-0.39, 0.29) is 10.3 Å². The smallest absolute Gasteiger partial charge is 0.286 e. The molecule has 0 saturated heterocycles. The number of rotatable bonds is 1. The number of hydrogen-bond acceptors (Lipinski definition) is 3. The van der Waals surface area contributed by atoms with Crippen LogP contribution in [0.25, 0.3) is 0 Å². The summed E-state index contributed by atoms with van der Waals surface area (Å²) in [5, 5.41) is 0. The Morgan fingerprint density at radius 2 is 1.90 bits per heavy atom. The molecule has 108 valence electrons. The zero-order valence-electron chi connectivity index (χ0n) is 12.6. The lowest BCUT2D eigenvalue weighted by Gasteiger charge is -2.29. The summed E-state index contributed by atoms with van der Waals surface area (Å²) in [6, 6.07) is 5.52. The summed E-state index contributed by atoms with van der Waals surface area (Å²) in [7, 11) is -1.86. The van der Waals surface area contributed by atoms with Crippen molar-refractivity contribution in [3.05, 3.63) is 35.9 Å². The standard InChI is InChI=1S/C15H20N2O2S/c1-10(2)14-16-20(18,19)13-9-11(15(3,4)5)7-8-12(13)17(14)6/h7-9H,1H2,2-6H3. The van der Waals surface area contributed by atoms with E-state index in [4.69, 9.17) is 0 Å². The van der Waals surface area contributed by atoms with Gasteiger partial charge in [0.25, 0.3) is 10.0 Å². The van der Waals surface area contributed by atoms with Crippen LogP contribution in [-0.2, 0) is 15.4 Å². The zero-order chi connectivity index (χ0) is 15.3. The van der Waals surface area contributed by atoms with Crippen molar-refractivity contribution in [1.82, 2.24) is 0 Å². The molecule has 20 heavy (non-hydrogen) atoms. The summed E-state index contributed by atoms with van der Waals surface area (Å²) in [6.45, 7) is 11.7. The van der Waals surface area contributed by atoms with Crippen LogP contribution in [0.2, 0.25) is 0 Å². The van der Waals surface area contributed by atoms with E-state index in [2.05, 4.69) is 31.7 Å². The minimum atomic E-state index is -3.67. The summed E-state index contributed by atoms with van der Waals surface area (Å²) in [4.78, 5) is 2.03. The van der Waals surface area contributed by atoms with E-state index in [0.29, 0.717) is 17.1 Å². The van der Waals surface area contributed by atoms with Crippen molar-refractivity contribution in [3.63, 3.8) is 0 Å². The lowest BCUT2D eigenvalue weighted by molar-refractivity contribution is 0.584. The molecule has 1 aromatic carbocycles. The van der Waals surface area contributed by atoms with E-state index in [1.54, 1.807) is 24.9 Å². The maximum Gasteiger partial charge on any atom is 0.286 e. The summed E-state index contributed by atoms with van der Waals surface area (Å²) in [5.41, 5.74) is 2.14. The first-order valence-electron chi connectivity index (χ1n) is 6.43. The number of sulfonamides is 1. The summed E-state index contributed by atoms with van der Waals surface area (Å²) < 4.78 is 28.6. The van der Waals surface area contributed by atoms with Gasteiger partial charge in [0.2, 0.25) is 0 Å². The Bertz CT molecular complexity index is 710. The van der Waals surface area contributed by atoms with Crippen LogP contribution in [0.3, 0.4) is 0 Å². The quantitative estimate of drug-likeness (QED) is 0.799. The number of benzene rings is 1. The van der Waals surface area contributed by atoms with Crippen molar-refractivity contribution in [2.24, 2.45) is 4.40 Å². The molecule has 0 N–H and O–H groups in total. The Hall–Kier alpha value is -1.62. The van der Waals surface area contributed by atoms with Gasteiger partial charge in [0.1, 0.15) is 10.7 Å². The monoisotopic (exact) mass is 292 g/mol. The largest absolute Gasteiger partial charge is 0.327 e. The molecule has 1 aliphatic rings. The van der Waals surface area contributed by atoms with Crippen LogP contribution >= 0.6 is 0 Å². The number of anilines is 1. The molecular formula is C15H20N2O2S. The number of fused-ring (bicyclic) bond motifs is 1. The molecule has 0 fully saturated rings. The van der Waals surface area contributed by atoms with Gasteiger partial charge >= 0.3 is 0 Å². The average Bonchev–Trinajstić information content (AvgIpc) is 2.32. The zero-order valence-corrected chi connectivity index (χ0v) is 13.4. The maximum absolute atomic E-state index is 12.4. The van der Waals surface area contributed by atoms with Gasteiger partial charge in [-0.25, -0.2) is 0 Å². The Kier molecular flexibility index (Phi) is 3.29. The number of nitrogens with zero attached hydrogens (tertiary/aromatic N) is 2. The first-order valence-corrected chi connectivity index (χ1v) is 7.87. The van der Waals surface area contributed by atoms with E-state index in [1.165, 1.54) is 0 Å². The van der Waals surface area contributed by atoms with Crippen molar-refractivity contribution in [1.29, 1.82) is 0 Å². The van der Waals surface area contributed by atoms with Crippen molar-refractivity contribution < 1.29 is 8.42 Å². The van der Waals surface area contributed by atoms with Crippen LogP contribution in [0.1, 0.15) is 33.3 Å². The molecule has 0 radical (unpaired) electrons. The summed E-state index contributed by atoms with van der Waals surface area (Å²) in [6.07, 6.45) is 0. The molecule has 1 heterocycles. The molecule has 0 unspecified atom stereocenters. The van der Waals surface area contributed by atoms with Gasteiger partial charge in [0.05, 0.1) is 5.69 Å². The lowest BCUT2D eigenvalue weighted by Crippen LogP contribution is -2.33. The van der Waals surface area contributed by atoms with Gasteiger partial charge in [0.15, 0.2) is 0 Å². The molecule has 0 atom stereocenters. The molecule has 0 bridgehead atoms. The van der Waals surface area contributed by atoms with Gasteiger partial charge in [-0.05, 0) is 35.6 Å². The molecular weight excluding hydrogens is 272 g/mol. The van der Waals surface area contributed by atoms with Gasteiger partial charge in [-0.1, -0.05) is 33.4 Å². The molecule has 0 spiro atoms. The first kappa shape index (κ1) is 14.8. The third kappa shape index (κ3) is 2.38. The van der Waals surface area contributed by atoms with Crippen molar-refractivity contribution >= 4 is 21.5 Å². The highest BCUT2D eigenvalue weighted by molar-refractivity contribution is 7.90. The number of amidine groups is 1. The molecule has 0 aromatic heterocycles. The predicted octanol–water partition coefficient (Wildman–Crippen LogP) is 3.10. The van der Waals surface area contributed by atoms with E-state index in [1.807, 2.05) is 12.1 Å². The second-order valence-corrected chi connectivity index (χ2v) is 7.73. The number of likely N-dealkylation sites (N-methyl/N-ethyl adjacent to an activating group) is 1. The van der Waals surface area contributed by atoms with E-state index in [0.717, 1.165) is 5.56 Å². The van der Waals surface area contributed by atoms with Gasteiger partial charge in [-0.3, -0.25) is 0 Å². The van der Waals surface area contributed by atoms with Gasteiger partial charge in [-0.15, -0.1) is 4.40 Å². The third-order valence-corrected chi connectivity index (χ3v) is 4.67. The fourth-order valence-electron chi connectivity index (χ4n) is 2.17. The van der Waals surface area contributed by atoms with Crippen LogP contribution in [0.4, 0.5) is 5.69 Å². The molecule has 0 amide bonds. The molecule has 4 nitrogen and oxygen atoms in total. The minimum absolute atomic E-state index is 0.110. The fraction of sp³-hybridized carbons (Fsp3) is 0.400. The lowest BCUT2D eigenvalue weighted by atomic mass is 9.87. The second-order valence-electron chi connectivity index (χ2n) is 6.16. The minimum Gasteiger partial charge on any atom is -0.327 e. The summed E-state index contributed by atoms with van der Waals surface area (Å²) in [5.74, 6) is 0.390. The first-order chi connectivity index (χ1) is 9.04. The maximum atomic E-state index is 12.4. The normalized spacial score (nSPS) is 17.4. The Morgan fingerprint density at radius 1 is 1.30 bits per heavy atom. The Morgan fingerprint density at radius 3 is 2.40 bits per heavy atom. The third-order valence-electron chi connectivity index (χ3n) is 3.37. The molecule has 2 rings (SSSR count). The Labute approximate surface area is 120 Å². The van der Waals surface area contributed by atoms with Gasteiger partial charge in [-0.2, -0.15) is 8.42 Å². The van der Waals surface area contributed by atoms with Crippen molar-refractivity contribution in [2.45, 2.75) is 38.0 Å². The van der Waals surface area contributed by atoms with Crippen LogP contribution in [-0.4, -0.2) is 21.3 Å². The second kappa shape index (κ2) is 4.45. The van der Waals surface area contributed by atoms with E-state index < -0.39 is 10.0 Å². The summed E-state index contributed by atoms with van der Waals surface area (Å²) >= 11 is 0. The molecule has 0 aliphatic carbocycles. The SMILES string of the molecule is C=C(C)C1=NS(=O)(=O)c2cc(C(C)(C)C)ccc2N1C. The molecule has 5 heteroatoms. The van der Waals surface area contributed by atoms with Crippen LogP contribution in [0, 0.1) is 0 Å². The van der Waals surface area contributed by atoms with E-state index in [9.17, 15) is 8.42 Å². The fourth-order valence-corrected chi connectivity index (χ4v) is 3.52. The molecule has 1 aliphatic heterocycles. The van der Waals surface area contributed by atoms with Gasteiger partial charge in [0, 0.05) is 7.05 Å². The Balaban J connectivity index is 2.70. The average molecular weight is 292 g/mol. The van der Waals surface area contributed by atoms with Crippen LogP contribution in [0.5, 0.6) is 0 Å². The molecule has 1 aromatic rings. The van der Waals surface area contributed by atoms with Crippen LogP contribution in [0.15, 0.2) is 39.6 Å². The number of hydrogen-bond donors (Lipinski definition) is 0. The highest BCUT2D eigenvalue weighted by Crippen LogP contribution is 2.35. The van der Waals surface area contributed by atoms with Crippen molar-refractivity contribution in [3.8, 4) is 0 Å². The predicted molar refractivity (Wildman–Crippen MR) is 83.0 cm³/mol. The van der Waals surface area contributed by atoms with Gasteiger partial charge < -0.3 is 4.90 Å². The molecule has 0 saturated carbocycles. The van der Waals surface area contributed by atoms with Crippen molar-refractivity contribution in [2.75, 3.05) is 11.9 Å². The van der Waals surface area contributed by atoms with Crippen LogP contribution < -0.4 is 4.90 Å².